The number of rotatable bonds is 7. The van der Waals surface area contributed by atoms with Crippen molar-refractivity contribution in [2.45, 2.75) is 103 Å². The van der Waals surface area contributed by atoms with Crippen LogP contribution in [0.25, 0.3) is 16.8 Å². The normalized spacial score (nSPS) is 16.6. The second kappa shape index (κ2) is 15.9. The van der Waals surface area contributed by atoms with Gasteiger partial charge in [0.2, 0.25) is 0 Å². The summed E-state index contributed by atoms with van der Waals surface area (Å²) in [6.45, 7) is 7.85. The van der Waals surface area contributed by atoms with E-state index in [0.29, 0.717) is 53.2 Å². The lowest BCUT2D eigenvalue weighted by Gasteiger charge is -2.35. The van der Waals surface area contributed by atoms with Gasteiger partial charge in [-0.25, -0.2) is 4.98 Å². The van der Waals surface area contributed by atoms with Crippen molar-refractivity contribution in [1.82, 2.24) is 9.55 Å². The number of benzene rings is 4. The Morgan fingerprint density at radius 3 is 2.35 bits per heavy atom. The highest BCUT2D eigenvalue weighted by Crippen LogP contribution is 2.40. The van der Waals surface area contributed by atoms with E-state index in [-0.39, 0.29) is 5.56 Å². The number of hydrogen-bond donors (Lipinski definition) is 1. The number of hydrogen-bond acceptors (Lipinski definition) is 5. The Kier molecular flexibility index (Phi) is 11.2. The molecular formula is C45H49N3O3. The molecule has 0 spiro atoms. The smallest absolute Gasteiger partial charge is 0.261 e. The van der Waals surface area contributed by atoms with Gasteiger partial charge in [-0.2, -0.15) is 5.26 Å². The van der Waals surface area contributed by atoms with Crippen molar-refractivity contribution in [2.75, 3.05) is 0 Å². The van der Waals surface area contributed by atoms with Crippen LogP contribution < -0.4 is 10.3 Å². The van der Waals surface area contributed by atoms with Crippen LogP contribution in [0.2, 0.25) is 0 Å². The fraction of sp³-hybridized carbons (Fsp3) is 0.356. The number of aliphatic hydroxyl groups excluding tert-OH is 1. The summed E-state index contributed by atoms with van der Waals surface area (Å²) in [5.74, 6) is 2.11. The predicted molar refractivity (Wildman–Crippen MR) is 205 cm³/mol. The Balaban J connectivity index is 0.000000313. The quantitative estimate of drug-likeness (QED) is 0.185. The van der Waals surface area contributed by atoms with Crippen LogP contribution in [-0.2, 0) is 12.8 Å². The van der Waals surface area contributed by atoms with Crippen molar-refractivity contribution in [3.8, 4) is 28.6 Å². The lowest BCUT2D eigenvalue weighted by Crippen LogP contribution is -2.35. The van der Waals surface area contributed by atoms with Gasteiger partial charge in [0.15, 0.2) is 0 Å². The molecule has 0 amide bonds. The van der Waals surface area contributed by atoms with E-state index in [1.54, 1.807) is 10.1 Å². The van der Waals surface area contributed by atoms with Crippen LogP contribution in [0.15, 0.2) is 102 Å². The average molecular weight is 680 g/mol. The summed E-state index contributed by atoms with van der Waals surface area (Å²) in [5, 5.41) is 20.3. The maximum absolute atomic E-state index is 14.0. The lowest BCUT2D eigenvalue weighted by molar-refractivity contribution is 0.0115. The lowest BCUT2D eigenvalue weighted by atomic mass is 9.84. The Hall–Kier alpha value is -4.99. The van der Waals surface area contributed by atoms with E-state index in [1.165, 1.54) is 32.1 Å². The molecule has 1 aromatic heterocycles. The van der Waals surface area contributed by atoms with Gasteiger partial charge >= 0.3 is 0 Å². The van der Waals surface area contributed by atoms with Crippen LogP contribution in [0, 0.1) is 18.3 Å². The van der Waals surface area contributed by atoms with Gasteiger partial charge in [-0.3, -0.25) is 9.36 Å². The van der Waals surface area contributed by atoms with Gasteiger partial charge in [-0.1, -0.05) is 105 Å². The molecule has 1 N–H and O–H groups in total. The SMILES string of the molecule is CCCc1nc(C)n(-c2ccc3c(c2)C(O)CC(C)(C)O3)c(=O)c1Cc1ccc(-c2ccccc2C#N)cc1.c1ccc(C2CCCCC2)cc1. The number of aryl methyl sites for hydroxylation is 2. The standard InChI is InChI=1S/C33H33N3O3.C12H16/c1-5-8-29-27(17-22-11-13-23(14-12-22)26-10-7-6-9-24(26)20-34)32(38)36(21(2)35-29)25-15-16-31-28(18-25)30(37)19-33(3,4)39-31;1-3-7-11(8-4-1)12-9-5-2-6-10-12/h6-7,9-16,18,30,37H,5,8,17,19H2,1-4H3;1,3-4,7-8,12H,2,5-6,9-10H2. The van der Waals surface area contributed by atoms with Crippen LogP contribution in [0.5, 0.6) is 5.75 Å². The van der Waals surface area contributed by atoms with Crippen molar-refractivity contribution in [2.24, 2.45) is 0 Å². The number of aromatic nitrogens is 2. The molecule has 2 aliphatic rings. The Bertz CT molecular complexity index is 2050. The summed E-state index contributed by atoms with van der Waals surface area (Å²) in [7, 11) is 0. The third kappa shape index (κ3) is 8.32. The monoisotopic (exact) mass is 679 g/mol. The van der Waals surface area contributed by atoms with Gasteiger partial charge in [-0.15, -0.1) is 0 Å². The highest BCUT2D eigenvalue weighted by atomic mass is 16.5. The molecule has 6 heteroatoms. The molecule has 0 radical (unpaired) electrons. The molecule has 7 rings (SSSR count). The van der Waals surface area contributed by atoms with E-state index in [2.05, 4.69) is 43.3 Å². The average Bonchev–Trinajstić information content (AvgIpc) is 3.14. The van der Waals surface area contributed by atoms with Crippen LogP contribution in [0.4, 0.5) is 0 Å². The third-order valence-corrected chi connectivity index (χ3v) is 10.2. The van der Waals surface area contributed by atoms with Gasteiger partial charge in [-0.05, 0) is 92.5 Å². The highest BCUT2D eigenvalue weighted by molar-refractivity contribution is 5.70. The number of nitriles is 1. The Labute approximate surface area is 302 Å². The van der Waals surface area contributed by atoms with E-state index in [0.717, 1.165) is 34.7 Å². The first kappa shape index (κ1) is 35.8. The zero-order valence-corrected chi connectivity index (χ0v) is 30.4. The molecular weight excluding hydrogens is 631 g/mol. The zero-order valence-electron chi connectivity index (χ0n) is 30.4. The fourth-order valence-corrected chi connectivity index (χ4v) is 7.59. The van der Waals surface area contributed by atoms with E-state index < -0.39 is 11.7 Å². The van der Waals surface area contributed by atoms with Crippen molar-refractivity contribution < 1.29 is 9.84 Å². The van der Waals surface area contributed by atoms with Gasteiger partial charge in [0, 0.05) is 24.0 Å². The Morgan fingerprint density at radius 2 is 1.65 bits per heavy atom. The molecule has 1 fully saturated rings. The van der Waals surface area contributed by atoms with E-state index >= 15 is 0 Å². The summed E-state index contributed by atoms with van der Waals surface area (Å²) in [6.07, 6.45) is 8.97. The van der Waals surface area contributed by atoms with E-state index in [4.69, 9.17) is 9.72 Å². The zero-order chi connectivity index (χ0) is 36.0. The van der Waals surface area contributed by atoms with Gasteiger partial charge in [0.05, 0.1) is 29.1 Å². The molecule has 5 aromatic rings. The van der Waals surface area contributed by atoms with Crippen molar-refractivity contribution in [1.29, 1.82) is 5.26 Å². The molecule has 51 heavy (non-hydrogen) atoms. The molecule has 1 aliphatic carbocycles. The minimum Gasteiger partial charge on any atom is -0.487 e. The predicted octanol–water partition coefficient (Wildman–Crippen LogP) is 9.95. The Morgan fingerprint density at radius 1 is 0.941 bits per heavy atom. The van der Waals surface area contributed by atoms with E-state index in [1.807, 2.05) is 87.5 Å². The number of fused-ring (bicyclic) bond motifs is 1. The van der Waals surface area contributed by atoms with Crippen LogP contribution >= 0.6 is 0 Å². The molecule has 262 valence electrons. The summed E-state index contributed by atoms with van der Waals surface area (Å²) in [6, 6.07) is 34.3. The topological polar surface area (TPSA) is 88.1 Å². The molecule has 1 atom stereocenters. The first-order valence-corrected chi connectivity index (χ1v) is 18.4. The highest BCUT2D eigenvalue weighted by Gasteiger charge is 2.33. The van der Waals surface area contributed by atoms with Crippen LogP contribution in [-0.4, -0.2) is 20.3 Å². The summed E-state index contributed by atoms with van der Waals surface area (Å²) >= 11 is 0. The molecule has 6 nitrogen and oxygen atoms in total. The molecule has 0 bridgehead atoms. The number of aliphatic hydroxyl groups is 1. The second-order valence-electron chi connectivity index (χ2n) is 14.6. The number of ether oxygens (including phenoxy) is 1. The van der Waals surface area contributed by atoms with Crippen molar-refractivity contribution in [3.05, 3.63) is 147 Å². The largest absolute Gasteiger partial charge is 0.487 e. The maximum atomic E-state index is 14.0. The van der Waals surface area contributed by atoms with E-state index in [9.17, 15) is 15.2 Å². The maximum Gasteiger partial charge on any atom is 0.261 e. The minimum absolute atomic E-state index is 0.101. The molecule has 1 unspecified atom stereocenters. The molecule has 4 aromatic carbocycles. The van der Waals surface area contributed by atoms with Gasteiger partial charge < -0.3 is 9.84 Å². The molecule has 2 heterocycles. The van der Waals surface area contributed by atoms with Crippen LogP contribution in [0.3, 0.4) is 0 Å². The van der Waals surface area contributed by atoms with Crippen molar-refractivity contribution >= 4 is 0 Å². The minimum atomic E-state index is -0.670. The van der Waals surface area contributed by atoms with Crippen molar-refractivity contribution in [3.63, 3.8) is 0 Å². The molecule has 0 saturated heterocycles. The third-order valence-electron chi connectivity index (χ3n) is 10.2. The van der Waals surface area contributed by atoms with Gasteiger partial charge in [0.1, 0.15) is 17.2 Å². The van der Waals surface area contributed by atoms with Crippen LogP contribution in [0.1, 0.15) is 117 Å². The summed E-state index contributed by atoms with van der Waals surface area (Å²) in [5.41, 5.74) is 7.31. The fourth-order valence-electron chi connectivity index (χ4n) is 7.59. The summed E-state index contributed by atoms with van der Waals surface area (Å²) in [4.78, 5) is 18.9. The molecule has 1 saturated carbocycles. The number of nitrogens with zero attached hydrogens (tertiary/aromatic N) is 3. The first-order chi connectivity index (χ1) is 24.7. The summed E-state index contributed by atoms with van der Waals surface area (Å²) < 4.78 is 7.71. The van der Waals surface area contributed by atoms with Gasteiger partial charge in [0.25, 0.3) is 5.56 Å². The second-order valence-corrected chi connectivity index (χ2v) is 14.6. The molecule has 1 aliphatic heterocycles. The first-order valence-electron chi connectivity index (χ1n) is 18.4.